The van der Waals surface area contributed by atoms with Gasteiger partial charge in [0.2, 0.25) is 0 Å². The van der Waals surface area contributed by atoms with Gasteiger partial charge in [-0.25, -0.2) is 0 Å². The Kier molecular flexibility index (Phi) is 9.22. The molecule has 0 fully saturated rings. The molecule has 2 nitrogen and oxygen atoms in total. The molecule has 0 saturated carbocycles. The number of fused-ring (bicyclic) bond motifs is 6. The Morgan fingerprint density at radius 3 is 1.56 bits per heavy atom. The van der Waals surface area contributed by atoms with Crippen LogP contribution >= 0.6 is 0 Å². The second kappa shape index (κ2) is 13.8. The summed E-state index contributed by atoms with van der Waals surface area (Å²) < 4.78 is 0. The third-order valence-corrected chi connectivity index (χ3v) is 16.2. The standard InChI is InChI=1S/C61H71BN2/c1-37-28-53-55-54(29-37)64(50-34-46-43(30-38(50)2)60(13,14)36-61(46,15)16)51-32-41(57(6,7)8)22-24-47(51)62(55)48-33-44-45(59(11,12)27-26-58(44,9)10)35-52(48)63(53)49-25-23-40(56(3,4)5)31-42(49)39-20-18-17-19-21-39/h17-25,28-35H,26-27,36H2,1-16H3. The van der Waals surface area contributed by atoms with Crippen LogP contribution in [0.15, 0.2) is 103 Å². The minimum atomic E-state index is -0.0132. The lowest BCUT2D eigenvalue weighted by molar-refractivity contribution is 0.332. The van der Waals surface area contributed by atoms with Gasteiger partial charge in [0.1, 0.15) is 0 Å². The second-order valence-electron chi connectivity index (χ2n) is 25.0. The van der Waals surface area contributed by atoms with E-state index in [1.54, 1.807) is 0 Å². The number of anilines is 6. The van der Waals surface area contributed by atoms with Crippen LogP contribution < -0.4 is 26.2 Å². The summed E-state index contributed by atoms with van der Waals surface area (Å²) in [6.45, 7) is 38.6. The van der Waals surface area contributed by atoms with Crippen molar-refractivity contribution < 1.29 is 0 Å². The molecule has 64 heavy (non-hydrogen) atoms. The molecule has 0 amide bonds. The second-order valence-corrected chi connectivity index (χ2v) is 25.0. The average molecular weight is 843 g/mol. The van der Waals surface area contributed by atoms with E-state index in [1.165, 1.54) is 119 Å². The summed E-state index contributed by atoms with van der Waals surface area (Å²) in [5.41, 5.74) is 26.1. The first-order valence-corrected chi connectivity index (χ1v) is 24.2. The van der Waals surface area contributed by atoms with Crippen LogP contribution in [0, 0.1) is 13.8 Å². The normalized spacial score (nSPS) is 18.5. The molecule has 2 aliphatic carbocycles. The maximum atomic E-state index is 2.69. The van der Waals surface area contributed by atoms with Crippen molar-refractivity contribution in [3.8, 4) is 11.1 Å². The molecule has 0 unspecified atom stereocenters. The molecule has 3 heteroatoms. The van der Waals surface area contributed by atoms with Gasteiger partial charge in [-0.3, -0.25) is 0 Å². The van der Waals surface area contributed by atoms with Gasteiger partial charge in [-0.2, -0.15) is 0 Å². The minimum absolute atomic E-state index is 0.00222. The van der Waals surface area contributed by atoms with Crippen molar-refractivity contribution in [2.75, 3.05) is 9.80 Å². The lowest BCUT2D eigenvalue weighted by Crippen LogP contribution is -2.62. The summed E-state index contributed by atoms with van der Waals surface area (Å²) in [7, 11) is 0. The molecule has 6 aromatic rings. The van der Waals surface area contributed by atoms with Crippen LogP contribution in [0.5, 0.6) is 0 Å². The number of benzene rings is 6. The van der Waals surface area contributed by atoms with E-state index in [4.69, 9.17) is 0 Å². The first-order chi connectivity index (χ1) is 29.8. The predicted molar refractivity (Wildman–Crippen MR) is 279 cm³/mol. The van der Waals surface area contributed by atoms with Gasteiger partial charge in [0.15, 0.2) is 0 Å². The first kappa shape index (κ1) is 42.9. The Morgan fingerprint density at radius 1 is 0.453 bits per heavy atom. The summed E-state index contributed by atoms with van der Waals surface area (Å²) in [6.07, 6.45) is 3.50. The van der Waals surface area contributed by atoms with Crippen LogP contribution in [0.2, 0.25) is 0 Å². The number of nitrogens with zero attached hydrogens (tertiary/aromatic N) is 2. The molecule has 328 valence electrons. The SMILES string of the molecule is Cc1cc2c3c(c1)N(c1ccc(C(C)(C)C)cc1-c1ccccc1)c1cc4c(cc1B3c1ccc(C(C)(C)C)cc1N2c1cc2c(cc1C)C(C)(C)CC2(C)C)C(C)(C)CCC4(C)C. The molecular weight excluding hydrogens is 771 g/mol. The molecule has 2 heterocycles. The van der Waals surface area contributed by atoms with E-state index < -0.39 is 0 Å². The molecule has 10 rings (SSSR count). The van der Waals surface area contributed by atoms with Gasteiger partial charge in [0.05, 0.1) is 5.69 Å². The number of hydrogen-bond donors (Lipinski definition) is 0. The molecule has 2 aliphatic heterocycles. The highest BCUT2D eigenvalue weighted by Crippen LogP contribution is 2.55. The van der Waals surface area contributed by atoms with E-state index >= 15 is 0 Å². The van der Waals surface area contributed by atoms with Crippen LogP contribution in [-0.4, -0.2) is 6.71 Å². The van der Waals surface area contributed by atoms with Crippen LogP contribution in [0.4, 0.5) is 34.1 Å². The molecule has 6 aromatic carbocycles. The van der Waals surface area contributed by atoms with Crippen LogP contribution in [0.3, 0.4) is 0 Å². The van der Waals surface area contributed by atoms with Crippen molar-refractivity contribution in [3.05, 3.63) is 148 Å². The Hall–Kier alpha value is -5.02. The Balaban J connectivity index is 1.35. The fraction of sp³-hybridized carbons (Fsp3) is 0.410. The molecule has 0 spiro atoms. The van der Waals surface area contributed by atoms with Crippen molar-refractivity contribution in [2.24, 2.45) is 0 Å². The zero-order chi connectivity index (χ0) is 45.8. The zero-order valence-corrected chi connectivity index (χ0v) is 41.9. The van der Waals surface area contributed by atoms with Crippen molar-refractivity contribution in [2.45, 2.75) is 163 Å². The van der Waals surface area contributed by atoms with E-state index in [0.29, 0.717) is 0 Å². The van der Waals surface area contributed by atoms with Crippen LogP contribution in [-0.2, 0) is 32.5 Å². The van der Waals surface area contributed by atoms with Crippen molar-refractivity contribution in [1.82, 2.24) is 0 Å². The van der Waals surface area contributed by atoms with E-state index in [-0.39, 0.29) is 39.2 Å². The highest BCUT2D eigenvalue weighted by Gasteiger charge is 2.48. The molecule has 0 radical (unpaired) electrons. The molecule has 4 aliphatic rings. The summed E-state index contributed by atoms with van der Waals surface area (Å²) >= 11 is 0. The van der Waals surface area contributed by atoms with E-state index in [1.807, 2.05) is 0 Å². The van der Waals surface area contributed by atoms with Crippen molar-refractivity contribution >= 4 is 57.2 Å². The third-order valence-electron chi connectivity index (χ3n) is 16.2. The Morgan fingerprint density at radius 2 is 0.953 bits per heavy atom. The van der Waals surface area contributed by atoms with Gasteiger partial charge in [0, 0.05) is 34.0 Å². The molecule has 0 bridgehead atoms. The van der Waals surface area contributed by atoms with Crippen LogP contribution in [0.25, 0.3) is 11.1 Å². The fourth-order valence-electron chi connectivity index (χ4n) is 12.6. The number of aryl methyl sites for hydroxylation is 2. The van der Waals surface area contributed by atoms with Gasteiger partial charge >= 0.3 is 0 Å². The number of hydrogen-bond acceptors (Lipinski definition) is 2. The molecule has 0 N–H and O–H groups in total. The van der Waals surface area contributed by atoms with E-state index in [9.17, 15) is 0 Å². The predicted octanol–water partition coefficient (Wildman–Crippen LogP) is 15.0. The van der Waals surface area contributed by atoms with Gasteiger partial charge < -0.3 is 9.80 Å². The van der Waals surface area contributed by atoms with Crippen LogP contribution in [0.1, 0.15) is 161 Å². The minimum Gasteiger partial charge on any atom is -0.311 e. The molecule has 0 atom stereocenters. The van der Waals surface area contributed by atoms with Gasteiger partial charge in [-0.1, -0.05) is 158 Å². The fourth-order valence-corrected chi connectivity index (χ4v) is 12.6. The highest BCUT2D eigenvalue weighted by atomic mass is 15.2. The van der Waals surface area contributed by atoms with Gasteiger partial charge in [-0.15, -0.1) is 0 Å². The summed E-state index contributed by atoms with van der Waals surface area (Å²) in [4.78, 5) is 5.39. The topological polar surface area (TPSA) is 6.48 Å². The average Bonchev–Trinajstić information content (AvgIpc) is 3.39. The first-order valence-electron chi connectivity index (χ1n) is 24.2. The Labute approximate surface area is 386 Å². The lowest BCUT2D eigenvalue weighted by Gasteiger charge is -2.48. The highest BCUT2D eigenvalue weighted by molar-refractivity contribution is 7.00. The number of rotatable bonds is 3. The van der Waals surface area contributed by atoms with E-state index in [2.05, 4.69) is 224 Å². The smallest absolute Gasteiger partial charge is 0.252 e. The summed E-state index contributed by atoms with van der Waals surface area (Å²) in [5, 5.41) is 0. The Bertz CT molecular complexity index is 2910. The zero-order valence-electron chi connectivity index (χ0n) is 41.9. The maximum Gasteiger partial charge on any atom is 0.252 e. The quantitative estimate of drug-likeness (QED) is 0.164. The molecular formula is C61H71BN2. The molecule has 0 aromatic heterocycles. The lowest BCUT2D eigenvalue weighted by atomic mass is 9.33. The van der Waals surface area contributed by atoms with Crippen molar-refractivity contribution in [3.63, 3.8) is 0 Å². The van der Waals surface area contributed by atoms with Gasteiger partial charge in [0.25, 0.3) is 6.71 Å². The van der Waals surface area contributed by atoms with E-state index in [0.717, 1.165) is 6.42 Å². The molecule has 0 saturated heterocycles. The van der Waals surface area contributed by atoms with Crippen molar-refractivity contribution in [1.29, 1.82) is 0 Å². The largest absolute Gasteiger partial charge is 0.311 e. The monoisotopic (exact) mass is 843 g/mol. The summed E-state index contributed by atoms with van der Waals surface area (Å²) in [5.74, 6) is 0. The maximum absolute atomic E-state index is 2.69. The third kappa shape index (κ3) is 6.48. The summed E-state index contributed by atoms with van der Waals surface area (Å²) in [6, 6.07) is 41.4. The van der Waals surface area contributed by atoms with Gasteiger partial charge in [-0.05, 0) is 175 Å².